The van der Waals surface area contributed by atoms with Gasteiger partial charge in [-0.05, 0) is 6.92 Å². The van der Waals surface area contributed by atoms with E-state index in [1.165, 1.54) is 0 Å². The third-order valence-corrected chi connectivity index (χ3v) is 1.65. The highest BCUT2D eigenvalue weighted by Crippen LogP contribution is 2.00. The van der Waals surface area contributed by atoms with Crippen molar-refractivity contribution in [2.45, 2.75) is 13.2 Å². The summed E-state index contributed by atoms with van der Waals surface area (Å²) in [5, 5.41) is 3.16. The third-order valence-electron chi connectivity index (χ3n) is 1.65. The molecule has 1 N–H and O–H groups in total. The minimum absolute atomic E-state index is 0.771. The molecule has 9 heavy (non-hydrogen) atoms. The topological polar surface area (TPSA) is 15.3 Å². The monoisotopic (exact) mass is 132 g/mol. The lowest BCUT2D eigenvalue weighted by Gasteiger charge is -2.27. The largest absolute Gasteiger partial charge is 0.314 e. The smallest absolute Gasteiger partial charge is 0.150 e. The van der Waals surface area contributed by atoms with Crippen LogP contribution in [0, 0.1) is 0 Å². The standard InChI is InChI=1S/C6H13FN2/c1-6(7)9-4-2-8-3-5-9/h6,8H,2-5H2,1H3. The number of halogens is 1. The van der Waals surface area contributed by atoms with Gasteiger partial charge in [0.25, 0.3) is 0 Å². The van der Waals surface area contributed by atoms with Crippen LogP contribution in [0.3, 0.4) is 0 Å². The Kier molecular flexibility index (Phi) is 2.42. The number of hydrogen-bond donors (Lipinski definition) is 1. The molecule has 0 spiro atoms. The Balaban J connectivity index is 2.23. The zero-order chi connectivity index (χ0) is 6.69. The van der Waals surface area contributed by atoms with E-state index in [-0.39, 0.29) is 0 Å². The number of alkyl halides is 1. The van der Waals surface area contributed by atoms with Crippen molar-refractivity contribution in [1.82, 2.24) is 10.2 Å². The Bertz CT molecular complexity index is 79.1. The second kappa shape index (κ2) is 3.13. The maximum atomic E-state index is 12.5. The fraction of sp³-hybridized carbons (Fsp3) is 1.00. The molecule has 0 aromatic rings. The van der Waals surface area contributed by atoms with Gasteiger partial charge in [-0.3, -0.25) is 4.90 Å². The first-order valence-electron chi connectivity index (χ1n) is 3.39. The number of piperazine rings is 1. The fourth-order valence-electron chi connectivity index (χ4n) is 1.04. The van der Waals surface area contributed by atoms with Crippen molar-refractivity contribution in [3.05, 3.63) is 0 Å². The van der Waals surface area contributed by atoms with Gasteiger partial charge in [0.2, 0.25) is 0 Å². The molecular formula is C6H13FN2. The van der Waals surface area contributed by atoms with Crippen LogP contribution in [-0.4, -0.2) is 37.4 Å². The fourth-order valence-corrected chi connectivity index (χ4v) is 1.04. The first-order valence-corrected chi connectivity index (χ1v) is 3.39. The van der Waals surface area contributed by atoms with Gasteiger partial charge in [-0.25, -0.2) is 4.39 Å². The number of hydrogen-bond acceptors (Lipinski definition) is 2. The molecule has 0 amide bonds. The molecule has 0 aliphatic carbocycles. The Morgan fingerprint density at radius 1 is 1.44 bits per heavy atom. The van der Waals surface area contributed by atoms with E-state index >= 15 is 0 Å². The average Bonchev–Trinajstić information content (AvgIpc) is 1.90. The van der Waals surface area contributed by atoms with Crippen LogP contribution in [-0.2, 0) is 0 Å². The zero-order valence-corrected chi connectivity index (χ0v) is 5.73. The molecule has 1 aliphatic rings. The highest BCUT2D eigenvalue weighted by molar-refractivity contribution is 4.67. The van der Waals surface area contributed by atoms with Gasteiger partial charge >= 0.3 is 0 Å². The van der Waals surface area contributed by atoms with E-state index < -0.39 is 6.30 Å². The molecule has 1 unspecified atom stereocenters. The molecule has 0 aromatic heterocycles. The summed E-state index contributed by atoms with van der Waals surface area (Å²) in [7, 11) is 0. The summed E-state index contributed by atoms with van der Waals surface area (Å²) in [6.45, 7) is 5.13. The number of nitrogens with zero attached hydrogens (tertiary/aromatic N) is 1. The molecule has 3 heteroatoms. The van der Waals surface area contributed by atoms with Crippen molar-refractivity contribution >= 4 is 0 Å². The van der Waals surface area contributed by atoms with E-state index in [9.17, 15) is 4.39 Å². The minimum atomic E-state index is -0.771. The van der Waals surface area contributed by atoms with Crippen LogP contribution in [0.15, 0.2) is 0 Å². The maximum absolute atomic E-state index is 12.5. The Hall–Kier alpha value is -0.150. The molecule has 0 aromatic carbocycles. The van der Waals surface area contributed by atoms with Gasteiger partial charge in [0.15, 0.2) is 6.30 Å². The quantitative estimate of drug-likeness (QED) is 0.513. The summed E-state index contributed by atoms with van der Waals surface area (Å²) in [6.07, 6.45) is -0.771. The number of nitrogens with one attached hydrogen (secondary N) is 1. The first-order chi connectivity index (χ1) is 4.30. The predicted octanol–water partition coefficient (Wildman–Crippen LogP) is 0.207. The molecule has 0 bridgehead atoms. The highest BCUT2D eigenvalue weighted by atomic mass is 19.1. The summed E-state index contributed by atoms with van der Waals surface area (Å²) in [4.78, 5) is 1.83. The molecule has 1 rings (SSSR count). The predicted molar refractivity (Wildman–Crippen MR) is 35.0 cm³/mol. The first kappa shape index (κ1) is 6.96. The van der Waals surface area contributed by atoms with Gasteiger partial charge in [0.05, 0.1) is 0 Å². The molecular weight excluding hydrogens is 119 g/mol. The van der Waals surface area contributed by atoms with Gasteiger partial charge in [-0.2, -0.15) is 0 Å². The van der Waals surface area contributed by atoms with Gasteiger partial charge < -0.3 is 5.32 Å². The Morgan fingerprint density at radius 2 is 2.00 bits per heavy atom. The summed E-state index contributed by atoms with van der Waals surface area (Å²) in [5.74, 6) is 0. The van der Waals surface area contributed by atoms with Crippen molar-refractivity contribution < 1.29 is 4.39 Å². The second-order valence-electron chi connectivity index (χ2n) is 2.36. The van der Waals surface area contributed by atoms with Crippen LogP contribution < -0.4 is 5.32 Å². The average molecular weight is 132 g/mol. The summed E-state index contributed by atoms with van der Waals surface area (Å²) >= 11 is 0. The van der Waals surface area contributed by atoms with Crippen LogP contribution in [0.1, 0.15) is 6.92 Å². The summed E-state index contributed by atoms with van der Waals surface area (Å²) in [6, 6.07) is 0. The molecule has 0 saturated carbocycles. The van der Waals surface area contributed by atoms with E-state index in [1.54, 1.807) is 6.92 Å². The van der Waals surface area contributed by atoms with Gasteiger partial charge in [0.1, 0.15) is 0 Å². The van der Waals surface area contributed by atoms with Crippen molar-refractivity contribution in [2.24, 2.45) is 0 Å². The van der Waals surface area contributed by atoms with Crippen molar-refractivity contribution in [3.63, 3.8) is 0 Å². The zero-order valence-electron chi connectivity index (χ0n) is 5.73. The second-order valence-corrected chi connectivity index (χ2v) is 2.36. The lowest BCUT2D eigenvalue weighted by atomic mass is 10.3. The van der Waals surface area contributed by atoms with Crippen molar-refractivity contribution in [2.75, 3.05) is 26.2 Å². The van der Waals surface area contributed by atoms with Crippen LogP contribution >= 0.6 is 0 Å². The Labute approximate surface area is 55.0 Å². The molecule has 1 heterocycles. The maximum Gasteiger partial charge on any atom is 0.150 e. The molecule has 1 atom stereocenters. The molecule has 0 radical (unpaired) electrons. The van der Waals surface area contributed by atoms with E-state index in [1.807, 2.05) is 4.90 Å². The van der Waals surface area contributed by atoms with Gasteiger partial charge in [-0.1, -0.05) is 0 Å². The lowest BCUT2D eigenvalue weighted by Crippen LogP contribution is -2.46. The van der Waals surface area contributed by atoms with Crippen molar-refractivity contribution in [1.29, 1.82) is 0 Å². The summed E-state index contributed by atoms with van der Waals surface area (Å²) in [5.41, 5.74) is 0. The van der Waals surface area contributed by atoms with E-state index in [2.05, 4.69) is 5.32 Å². The van der Waals surface area contributed by atoms with Crippen molar-refractivity contribution in [3.8, 4) is 0 Å². The van der Waals surface area contributed by atoms with E-state index in [0.717, 1.165) is 26.2 Å². The van der Waals surface area contributed by atoms with Crippen LogP contribution in [0.4, 0.5) is 4.39 Å². The molecule has 1 fully saturated rings. The van der Waals surface area contributed by atoms with Crippen LogP contribution in [0.5, 0.6) is 0 Å². The normalized spacial score (nSPS) is 26.0. The highest BCUT2D eigenvalue weighted by Gasteiger charge is 2.13. The van der Waals surface area contributed by atoms with Crippen LogP contribution in [0.2, 0.25) is 0 Å². The van der Waals surface area contributed by atoms with Crippen LogP contribution in [0.25, 0.3) is 0 Å². The number of rotatable bonds is 1. The SMILES string of the molecule is CC(F)N1CCNCC1. The Morgan fingerprint density at radius 3 is 2.33 bits per heavy atom. The summed E-state index contributed by atoms with van der Waals surface area (Å²) < 4.78 is 12.5. The third kappa shape index (κ3) is 1.91. The van der Waals surface area contributed by atoms with Gasteiger partial charge in [-0.15, -0.1) is 0 Å². The lowest BCUT2D eigenvalue weighted by molar-refractivity contribution is 0.0852. The van der Waals surface area contributed by atoms with E-state index in [0.29, 0.717) is 0 Å². The molecule has 1 saturated heterocycles. The van der Waals surface area contributed by atoms with E-state index in [4.69, 9.17) is 0 Å². The molecule has 1 aliphatic heterocycles. The van der Waals surface area contributed by atoms with Gasteiger partial charge in [0, 0.05) is 26.2 Å². The minimum Gasteiger partial charge on any atom is -0.314 e. The molecule has 2 nitrogen and oxygen atoms in total. The molecule has 54 valence electrons.